The van der Waals surface area contributed by atoms with Gasteiger partial charge in [-0.1, -0.05) is 42.1 Å². The van der Waals surface area contributed by atoms with Crippen molar-refractivity contribution in [2.24, 2.45) is 0 Å². The van der Waals surface area contributed by atoms with E-state index in [9.17, 15) is 0 Å². The van der Waals surface area contributed by atoms with Crippen LogP contribution < -0.4 is 4.74 Å². The first-order chi connectivity index (χ1) is 11.7. The molecule has 3 rings (SSSR count). The monoisotopic (exact) mass is 337 g/mol. The molecule has 3 aromatic rings. The topological polar surface area (TPSA) is 71.9 Å². The molecule has 0 unspecified atom stereocenters. The molecule has 0 spiro atoms. The van der Waals surface area contributed by atoms with Crippen LogP contribution in [0.4, 0.5) is 0 Å². The van der Waals surface area contributed by atoms with E-state index in [-0.39, 0.29) is 6.61 Å². The van der Waals surface area contributed by atoms with Crippen molar-refractivity contribution in [3.63, 3.8) is 0 Å². The van der Waals surface area contributed by atoms with E-state index in [1.165, 1.54) is 11.8 Å². The van der Waals surface area contributed by atoms with Crippen LogP contribution in [-0.4, -0.2) is 10.2 Å². The van der Waals surface area contributed by atoms with Crippen molar-refractivity contribution in [1.82, 2.24) is 10.2 Å². The molecule has 0 amide bonds. The summed E-state index contributed by atoms with van der Waals surface area (Å²) in [4.78, 5) is 0. The highest BCUT2D eigenvalue weighted by molar-refractivity contribution is 7.98. The molecule has 120 valence electrons. The van der Waals surface area contributed by atoms with Crippen molar-refractivity contribution in [3.05, 3.63) is 71.1 Å². The van der Waals surface area contributed by atoms with Crippen LogP contribution in [0.15, 0.2) is 58.2 Å². The van der Waals surface area contributed by atoms with Crippen LogP contribution in [-0.2, 0) is 12.4 Å². The molecule has 0 saturated carbocycles. The number of rotatable bonds is 6. The normalized spacial score (nSPS) is 10.3. The van der Waals surface area contributed by atoms with Crippen LogP contribution in [0, 0.1) is 18.3 Å². The Morgan fingerprint density at radius 3 is 2.88 bits per heavy atom. The number of thioether (sulfide) groups is 1. The molecule has 0 fully saturated rings. The molecule has 0 N–H and O–H groups in total. The van der Waals surface area contributed by atoms with E-state index >= 15 is 0 Å². The van der Waals surface area contributed by atoms with Gasteiger partial charge in [0.1, 0.15) is 5.75 Å². The van der Waals surface area contributed by atoms with Gasteiger partial charge in [-0.3, -0.25) is 0 Å². The first kappa shape index (κ1) is 16.1. The second kappa shape index (κ2) is 7.66. The van der Waals surface area contributed by atoms with Gasteiger partial charge in [0.2, 0.25) is 0 Å². The first-order valence-electron chi connectivity index (χ1n) is 7.37. The molecule has 0 aliphatic carbocycles. The Morgan fingerprint density at radius 2 is 2.04 bits per heavy atom. The van der Waals surface area contributed by atoms with Gasteiger partial charge in [-0.15, -0.1) is 10.2 Å². The molecule has 5 nitrogen and oxygen atoms in total. The van der Waals surface area contributed by atoms with Gasteiger partial charge >= 0.3 is 0 Å². The number of ether oxygens (including phenoxy) is 1. The van der Waals surface area contributed by atoms with Crippen LogP contribution >= 0.6 is 11.8 Å². The highest BCUT2D eigenvalue weighted by atomic mass is 32.2. The maximum atomic E-state index is 8.91. The predicted octanol–water partition coefficient (Wildman–Crippen LogP) is 4.12. The third-order valence-electron chi connectivity index (χ3n) is 3.31. The second-order valence-corrected chi connectivity index (χ2v) is 6.04. The zero-order chi connectivity index (χ0) is 16.8. The van der Waals surface area contributed by atoms with E-state index < -0.39 is 0 Å². The number of nitrogens with zero attached hydrogens (tertiary/aromatic N) is 3. The van der Waals surface area contributed by atoms with Crippen molar-refractivity contribution in [2.75, 3.05) is 0 Å². The van der Waals surface area contributed by atoms with Crippen LogP contribution in [0.25, 0.3) is 0 Å². The van der Waals surface area contributed by atoms with Crippen molar-refractivity contribution >= 4 is 11.8 Å². The lowest BCUT2D eigenvalue weighted by molar-refractivity contribution is 0.251. The summed E-state index contributed by atoms with van der Waals surface area (Å²) in [5.74, 6) is 1.90. The van der Waals surface area contributed by atoms with Crippen LogP contribution in [0.1, 0.15) is 22.6 Å². The van der Waals surface area contributed by atoms with Gasteiger partial charge in [0, 0.05) is 5.75 Å². The van der Waals surface area contributed by atoms with Gasteiger partial charge in [0.15, 0.2) is 6.61 Å². The Balaban J connectivity index is 1.55. The predicted molar refractivity (Wildman–Crippen MR) is 90.5 cm³/mol. The summed E-state index contributed by atoms with van der Waals surface area (Å²) < 4.78 is 11.3. The number of aryl methyl sites for hydroxylation is 1. The molecule has 0 aliphatic heterocycles. The summed E-state index contributed by atoms with van der Waals surface area (Å²) in [7, 11) is 0. The van der Waals surface area contributed by atoms with Gasteiger partial charge in [0.25, 0.3) is 11.1 Å². The lowest BCUT2D eigenvalue weighted by Crippen LogP contribution is -1.97. The van der Waals surface area contributed by atoms with E-state index in [2.05, 4.69) is 16.3 Å². The third-order valence-corrected chi connectivity index (χ3v) is 4.20. The summed E-state index contributed by atoms with van der Waals surface area (Å²) in [6, 6.07) is 17.4. The molecule has 2 aromatic carbocycles. The van der Waals surface area contributed by atoms with E-state index in [0.29, 0.717) is 22.4 Å². The zero-order valence-corrected chi connectivity index (χ0v) is 13.9. The smallest absolute Gasteiger partial charge is 0.277 e. The average molecular weight is 337 g/mol. The lowest BCUT2D eigenvalue weighted by Gasteiger charge is -2.05. The average Bonchev–Trinajstić information content (AvgIpc) is 3.07. The number of para-hydroxylation sites is 1. The molecule has 24 heavy (non-hydrogen) atoms. The standard InChI is InChI=1S/C18H15N3O2S/c1-13-5-2-3-8-16(13)22-11-17-20-21-18(23-17)24-12-15-7-4-6-14(9-15)10-19/h2-9H,11-12H2,1H3. The molecular weight excluding hydrogens is 322 g/mol. The molecular formula is C18H15N3O2S. The van der Waals surface area contributed by atoms with Crippen LogP contribution in [0.5, 0.6) is 5.75 Å². The number of benzene rings is 2. The Bertz CT molecular complexity index is 870. The quantitative estimate of drug-likeness (QED) is 0.630. The van der Waals surface area contributed by atoms with Gasteiger partial charge < -0.3 is 9.15 Å². The Labute approximate surface area is 144 Å². The zero-order valence-electron chi connectivity index (χ0n) is 13.1. The minimum Gasteiger partial charge on any atom is -0.484 e. The minimum atomic E-state index is 0.238. The molecule has 0 atom stereocenters. The summed E-state index contributed by atoms with van der Waals surface area (Å²) in [5, 5.41) is 17.4. The summed E-state index contributed by atoms with van der Waals surface area (Å²) in [6.45, 7) is 2.22. The highest BCUT2D eigenvalue weighted by Crippen LogP contribution is 2.23. The molecule has 6 heteroatoms. The number of nitriles is 1. The number of aromatic nitrogens is 2. The fourth-order valence-corrected chi connectivity index (χ4v) is 2.81. The van der Waals surface area contributed by atoms with Crippen LogP contribution in [0.2, 0.25) is 0 Å². The molecule has 1 aromatic heterocycles. The SMILES string of the molecule is Cc1ccccc1OCc1nnc(SCc2cccc(C#N)c2)o1. The molecule has 0 bridgehead atoms. The molecule has 0 aliphatic rings. The largest absolute Gasteiger partial charge is 0.484 e. The van der Waals surface area contributed by atoms with Crippen molar-refractivity contribution < 1.29 is 9.15 Å². The van der Waals surface area contributed by atoms with E-state index in [4.69, 9.17) is 14.4 Å². The number of hydrogen-bond donors (Lipinski definition) is 0. The third kappa shape index (κ3) is 4.15. The Morgan fingerprint density at radius 1 is 1.17 bits per heavy atom. The first-order valence-corrected chi connectivity index (χ1v) is 8.36. The van der Waals surface area contributed by atoms with Crippen molar-refractivity contribution in [1.29, 1.82) is 5.26 Å². The van der Waals surface area contributed by atoms with Gasteiger partial charge in [-0.25, -0.2) is 0 Å². The fourth-order valence-electron chi connectivity index (χ4n) is 2.09. The Kier molecular flexibility index (Phi) is 5.14. The van der Waals surface area contributed by atoms with E-state index in [1.54, 1.807) is 6.07 Å². The highest BCUT2D eigenvalue weighted by Gasteiger charge is 2.09. The lowest BCUT2D eigenvalue weighted by atomic mass is 10.2. The van der Waals surface area contributed by atoms with Crippen molar-refractivity contribution in [3.8, 4) is 11.8 Å². The summed E-state index contributed by atoms with van der Waals surface area (Å²) in [5.41, 5.74) is 2.74. The van der Waals surface area contributed by atoms with E-state index in [1.807, 2.05) is 49.4 Å². The second-order valence-electron chi connectivity index (χ2n) is 5.12. The number of hydrogen-bond acceptors (Lipinski definition) is 6. The van der Waals surface area contributed by atoms with Crippen LogP contribution in [0.3, 0.4) is 0 Å². The molecule has 1 heterocycles. The molecule has 0 saturated heterocycles. The maximum absolute atomic E-state index is 8.91. The van der Waals surface area contributed by atoms with Gasteiger partial charge in [0.05, 0.1) is 11.6 Å². The maximum Gasteiger partial charge on any atom is 0.277 e. The minimum absolute atomic E-state index is 0.238. The van der Waals surface area contributed by atoms with Gasteiger partial charge in [-0.2, -0.15) is 5.26 Å². The van der Waals surface area contributed by atoms with Crippen molar-refractivity contribution in [2.45, 2.75) is 24.5 Å². The van der Waals surface area contributed by atoms with Gasteiger partial charge in [-0.05, 0) is 36.2 Å². The summed E-state index contributed by atoms with van der Waals surface area (Å²) >= 11 is 1.43. The summed E-state index contributed by atoms with van der Waals surface area (Å²) in [6.07, 6.45) is 0. The Hall–Kier alpha value is -2.78. The fraction of sp³-hybridized carbons (Fsp3) is 0.167. The molecule has 0 radical (unpaired) electrons. The van der Waals surface area contributed by atoms with E-state index in [0.717, 1.165) is 16.9 Å².